The smallest absolute Gasteiger partial charge is 0.0194 e. The Hall–Kier alpha value is -0.0800. The Morgan fingerprint density at radius 1 is 1.13 bits per heavy atom. The number of hydrogen-bond donors (Lipinski definition) is 1. The normalized spacial score (nSPS) is 15.6. The molecular formula is C13H30N2. The highest BCUT2D eigenvalue weighted by Gasteiger charge is 2.15. The summed E-state index contributed by atoms with van der Waals surface area (Å²) in [5, 5.41) is 3.59. The zero-order chi connectivity index (χ0) is 11.7. The number of nitrogens with zero attached hydrogens (tertiary/aromatic N) is 1. The maximum absolute atomic E-state index is 3.59. The molecule has 2 atom stereocenters. The Morgan fingerprint density at radius 3 is 2.20 bits per heavy atom. The van der Waals surface area contributed by atoms with Gasteiger partial charge in [0.25, 0.3) is 0 Å². The molecule has 0 rings (SSSR count). The molecule has 0 aliphatic rings. The Morgan fingerprint density at radius 2 is 1.80 bits per heavy atom. The molecular weight excluding hydrogens is 184 g/mol. The number of likely N-dealkylation sites (N-methyl/N-ethyl adjacent to an activating group) is 2. The van der Waals surface area contributed by atoms with E-state index in [1.807, 2.05) is 0 Å². The second-order valence-electron chi connectivity index (χ2n) is 4.39. The molecule has 2 heteroatoms. The summed E-state index contributed by atoms with van der Waals surface area (Å²) in [5.41, 5.74) is 0. The van der Waals surface area contributed by atoms with Gasteiger partial charge in [0.2, 0.25) is 0 Å². The van der Waals surface area contributed by atoms with Crippen molar-refractivity contribution in [3.05, 3.63) is 0 Å². The van der Waals surface area contributed by atoms with Crippen molar-refractivity contribution in [1.29, 1.82) is 0 Å². The van der Waals surface area contributed by atoms with E-state index in [0.29, 0.717) is 12.1 Å². The molecule has 0 fully saturated rings. The molecule has 0 saturated carbocycles. The lowest BCUT2D eigenvalue weighted by Gasteiger charge is -2.31. The predicted octanol–water partition coefficient (Wildman–Crippen LogP) is 2.89. The van der Waals surface area contributed by atoms with Gasteiger partial charge in [0.1, 0.15) is 0 Å². The van der Waals surface area contributed by atoms with Gasteiger partial charge in [-0.3, -0.25) is 4.90 Å². The summed E-state index contributed by atoms with van der Waals surface area (Å²) in [7, 11) is 0. The van der Waals surface area contributed by atoms with E-state index < -0.39 is 0 Å². The van der Waals surface area contributed by atoms with Crippen LogP contribution in [-0.4, -0.2) is 36.6 Å². The van der Waals surface area contributed by atoms with E-state index >= 15 is 0 Å². The van der Waals surface area contributed by atoms with Gasteiger partial charge in [-0.1, -0.05) is 34.1 Å². The van der Waals surface area contributed by atoms with Crippen LogP contribution in [0.2, 0.25) is 0 Å². The van der Waals surface area contributed by atoms with Gasteiger partial charge in [-0.2, -0.15) is 0 Å². The van der Waals surface area contributed by atoms with Gasteiger partial charge < -0.3 is 5.32 Å². The molecule has 0 heterocycles. The molecule has 0 radical (unpaired) electrons. The molecule has 0 aromatic carbocycles. The van der Waals surface area contributed by atoms with Crippen molar-refractivity contribution in [1.82, 2.24) is 10.2 Å². The summed E-state index contributed by atoms with van der Waals surface area (Å²) in [6, 6.07) is 1.39. The standard InChI is InChI=1S/C13H30N2/c1-6-10-13(14-8-3)11-15(9-4)12(5)7-2/h12-14H,6-11H2,1-5H3. The van der Waals surface area contributed by atoms with Crippen LogP contribution in [0.3, 0.4) is 0 Å². The van der Waals surface area contributed by atoms with Gasteiger partial charge in [-0.25, -0.2) is 0 Å². The molecule has 0 aromatic heterocycles. The predicted molar refractivity (Wildman–Crippen MR) is 69.4 cm³/mol. The third-order valence-corrected chi connectivity index (χ3v) is 3.21. The van der Waals surface area contributed by atoms with Gasteiger partial charge in [0, 0.05) is 18.6 Å². The average molecular weight is 214 g/mol. The van der Waals surface area contributed by atoms with Crippen molar-refractivity contribution in [2.45, 2.75) is 66.0 Å². The van der Waals surface area contributed by atoms with Crippen LogP contribution in [0.15, 0.2) is 0 Å². The highest BCUT2D eigenvalue weighted by Crippen LogP contribution is 2.07. The molecule has 2 unspecified atom stereocenters. The molecule has 0 aromatic rings. The summed E-state index contributed by atoms with van der Waals surface area (Å²) in [5.74, 6) is 0. The van der Waals surface area contributed by atoms with E-state index in [4.69, 9.17) is 0 Å². The van der Waals surface area contributed by atoms with Crippen molar-refractivity contribution in [2.24, 2.45) is 0 Å². The topological polar surface area (TPSA) is 15.3 Å². The van der Waals surface area contributed by atoms with Crippen LogP contribution in [0.1, 0.15) is 53.9 Å². The summed E-state index contributed by atoms with van der Waals surface area (Å²) in [6.45, 7) is 14.8. The number of rotatable bonds is 9. The lowest BCUT2D eigenvalue weighted by molar-refractivity contribution is 0.188. The minimum absolute atomic E-state index is 0.675. The Kier molecular flexibility index (Phi) is 9.12. The van der Waals surface area contributed by atoms with E-state index in [1.165, 1.54) is 32.4 Å². The molecule has 0 spiro atoms. The van der Waals surface area contributed by atoms with E-state index in [-0.39, 0.29) is 0 Å². The fraction of sp³-hybridized carbons (Fsp3) is 1.00. The highest BCUT2D eigenvalue weighted by atomic mass is 15.2. The fourth-order valence-electron chi connectivity index (χ4n) is 2.06. The molecule has 0 saturated heterocycles. The van der Waals surface area contributed by atoms with Crippen LogP contribution in [0, 0.1) is 0 Å². The number of nitrogens with one attached hydrogen (secondary N) is 1. The highest BCUT2D eigenvalue weighted by molar-refractivity contribution is 4.74. The van der Waals surface area contributed by atoms with E-state index in [1.54, 1.807) is 0 Å². The molecule has 92 valence electrons. The van der Waals surface area contributed by atoms with Crippen molar-refractivity contribution in [3.8, 4) is 0 Å². The third-order valence-electron chi connectivity index (χ3n) is 3.21. The van der Waals surface area contributed by atoms with Crippen LogP contribution in [-0.2, 0) is 0 Å². The monoisotopic (exact) mass is 214 g/mol. The van der Waals surface area contributed by atoms with E-state index in [9.17, 15) is 0 Å². The molecule has 15 heavy (non-hydrogen) atoms. The Bertz CT molecular complexity index is 130. The van der Waals surface area contributed by atoms with Crippen molar-refractivity contribution < 1.29 is 0 Å². The molecule has 0 amide bonds. The first-order chi connectivity index (χ1) is 7.19. The quantitative estimate of drug-likeness (QED) is 0.635. The summed E-state index contributed by atoms with van der Waals surface area (Å²) in [6.07, 6.45) is 3.81. The van der Waals surface area contributed by atoms with Gasteiger partial charge in [0.05, 0.1) is 0 Å². The molecule has 0 aliphatic carbocycles. The minimum Gasteiger partial charge on any atom is -0.313 e. The maximum atomic E-state index is 3.59. The van der Waals surface area contributed by atoms with Crippen LogP contribution in [0.25, 0.3) is 0 Å². The van der Waals surface area contributed by atoms with E-state index in [0.717, 1.165) is 6.54 Å². The van der Waals surface area contributed by atoms with E-state index in [2.05, 4.69) is 44.8 Å². The molecule has 1 N–H and O–H groups in total. The summed E-state index contributed by atoms with van der Waals surface area (Å²) >= 11 is 0. The first-order valence-corrected chi connectivity index (χ1v) is 6.66. The second-order valence-corrected chi connectivity index (χ2v) is 4.39. The van der Waals surface area contributed by atoms with Crippen LogP contribution >= 0.6 is 0 Å². The van der Waals surface area contributed by atoms with Gasteiger partial charge in [0.15, 0.2) is 0 Å². The first kappa shape index (κ1) is 14.9. The van der Waals surface area contributed by atoms with Crippen LogP contribution in [0.5, 0.6) is 0 Å². The zero-order valence-corrected chi connectivity index (χ0v) is 11.3. The van der Waals surface area contributed by atoms with Crippen molar-refractivity contribution in [2.75, 3.05) is 19.6 Å². The van der Waals surface area contributed by atoms with Crippen LogP contribution in [0.4, 0.5) is 0 Å². The first-order valence-electron chi connectivity index (χ1n) is 6.66. The van der Waals surface area contributed by atoms with Crippen LogP contribution < -0.4 is 5.32 Å². The summed E-state index contributed by atoms with van der Waals surface area (Å²) < 4.78 is 0. The molecule has 0 bridgehead atoms. The van der Waals surface area contributed by atoms with Crippen molar-refractivity contribution in [3.63, 3.8) is 0 Å². The zero-order valence-electron chi connectivity index (χ0n) is 11.3. The second kappa shape index (κ2) is 9.17. The fourth-order valence-corrected chi connectivity index (χ4v) is 2.06. The number of hydrogen-bond acceptors (Lipinski definition) is 2. The Labute approximate surface area is 96.4 Å². The van der Waals surface area contributed by atoms with Gasteiger partial charge >= 0.3 is 0 Å². The minimum atomic E-state index is 0.675. The third kappa shape index (κ3) is 6.16. The molecule has 0 aliphatic heterocycles. The van der Waals surface area contributed by atoms with Gasteiger partial charge in [-0.05, 0) is 32.9 Å². The largest absolute Gasteiger partial charge is 0.313 e. The lowest BCUT2D eigenvalue weighted by atomic mass is 10.1. The average Bonchev–Trinajstić information content (AvgIpc) is 2.25. The summed E-state index contributed by atoms with van der Waals surface area (Å²) in [4.78, 5) is 2.59. The van der Waals surface area contributed by atoms with Crippen molar-refractivity contribution >= 4 is 0 Å². The lowest BCUT2D eigenvalue weighted by Crippen LogP contribution is -2.44. The molecule has 2 nitrogen and oxygen atoms in total. The Balaban J connectivity index is 4.08. The SMILES string of the molecule is CCCC(CN(CC)C(C)CC)NCC. The maximum Gasteiger partial charge on any atom is 0.0194 e. The van der Waals surface area contributed by atoms with Gasteiger partial charge in [-0.15, -0.1) is 0 Å².